The standard InChI is InChI=1S/C23H28F2N2O6S/c24-17-6-5-15(7-18(17)25)11-27-12-16(28)10-26-34(31,32)22-4-2-1-3-21(22)33-14-23(13-27)8-19(29)20(30)9-23/h1-7,16,19-20,26,28-30H,8-14H2/t16-,19-,20+,23?/m0/s1. The molecule has 1 saturated carbocycles. The molecule has 1 aliphatic heterocycles. The molecular formula is C23H28F2N2O6S. The Morgan fingerprint density at radius 3 is 2.47 bits per heavy atom. The van der Waals surface area contributed by atoms with Crippen LogP contribution >= 0.6 is 0 Å². The Kier molecular flexibility index (Phi) is 7.22. The number of nitrogens with zero attached hydrogens (tertiary/aromatic N) is 1. The topological polar surface area (TPSA) is 119 Å². The van der Waals surface area contributed by atoms with E-state index in [-0.39, 0.29) is 56.3 Å². The van der Waals surface area contributed by atoms with Crippen molar-refractivity contribution < 1.29 is 37.3 Å². The van der Waals surface area contributed by atoms with Crippen LogP contribution in [0.5, 0.6) is 5.75 Å². The highest BCUT2D eigenvalue weighted by Crippen LogP contribution is 2.41. The fraction of sp³-hybridized carbons (Fsp3) is 0.478. The van der Waals surface area contributed by atoms with Gasteiger partial charge in [0.1, 0.15) is 10.6 Å². The average molecular weight is 499 g/mol. The van der Waals surface area contributed by atoms with Gasteiger partial charge in [0.25, 0.3) is 0 Å². The number of aliphatic hydroxyl groups is 3. The Hall–Kier alpha value is -2.15. The zero-order valence-corrected chi connectivity index (χ0v) is 19.2. The molecule has 2 aromatic rings. The predicted octanol–water partition coefficient (Wildman–Crippen LogP) is 1.00. The third-order valence-corrected chi connectivity index (χ3v) is 7.79. The number of aliphatic hydroxyl groups excluding tert-OH is 3. The fourth-order valence-electron chi connectivity index (χ4n) is 4.76. The van der Waals surface area contributed by atoms with E-state index >= 15 is 0 Å². The zero-order valence-electron chi connectivity index (χ0n) is 18.4. The lowest BCUT2D eigenvalue weighted by Gasteiger charge is -2.37. The molecule has 0 radical (unpaired) electrons. The summed E-state index contributed by atoms with van der Waals surface area (Å²) in [5.74, 6) is -1.86. The maximum atomic E-state index is 13.8. The highest BCUT2D eigenvalue weighted by Gasteiger charge is 2.46. The summed E-state index contributed by atoms with van der Waals surface area (Å²) < 4.78 is 61.2. The first-order valence-corrected chi connectivity index (χ1v) is 12.5. The summed E-state index contributed by atoms with van der Waals surface area (Å²) in [5, 5.41) is 31.2. The predicted molar refractivity (Wildman–Crippen MR) is 118 cm³/mol. The van der Waals surface area contributed by atoms with E-state index in [9.17, 15) is 32.5 Å². The third kappa shape index (κ3) is 5.56. The number of para-hydroxylation sites is 1. The number of sulfonamides is 1. The van der Waals surface area contributed by atoms with Crippen LogP contribution in [0.25, 0.3) is 0 Å². The van der Waals surface area contributed by atoms with Gasteiger partial charge in [-0.15, -0.1) is 0 Å². The molecule has 186 valence electrons. The van der Waals surface area contributed by atoms with Gasteiger partial charge in [-0.25, -0.2) is 21.9 Å². The van der Waals surface area contributed by atoms with Crippen LogP contribution in [0.2, 0.25) is 0 Å². The SMILES string of the molecule is O=S1(=O)NC[C@H](O)CN(Cc2ccc(F)c(F)c2)CC2(COc3ccccc31)C[C@@H](O)[C@@H](O)C2. The van der Waals surface area contributed by atoms with Crippen LogP contribution in [-0.4, -0.2) is 73.2 Å². The lowest BCUT2D eigenvalue weighted by Crippen LogP contribution is -2.46. The van der Waals surface area contributed by atoms with Gasteiger partial charge >= 0.3 is 0 Å². The molecule has 1 heterocycles. The first-order chi connectivity index (χ1) is 16.1. The van der Waals surface area contributed by atoms with Crippen molar-refractivity contribution in [3.8, 4) is 5.75 Å². The summed E-state index contributed by atoms with van der Waals surface area (Å²) >= 11 is 0. The van der Waals surface area contributed by atoms with Crippen LogP contribution < -0.4 is 9.46 Å². The fourth-order valence-corrected chi connectivity index (χ4v) is 5.98. The largest absolute Gasteiger partial charge is 0.492 e. The van der Waals surface area contributed by atoms with Gasteiger partial charge in [0.15, 0.2) is 11.6 Å². The van der Waals surface area contributed by atoms with Gasteiger partial charge < -0.3 is 20.1 Å². The molecule has 4 N–H and O–H groups in total. The summed E-state index contributed by atoms with van der Waals surface area (Å²) in [6, 6.07) is 9.63. The van der Waals surface area contributed by atoms with Crippen molar-refractivity contribution in [1.29, 1.82) is 0 Å². The van der Waals surface area contributed by atoms with E-state index in [2.05, 4.69) is 4.72 Å². The molecular weight excluding hydrogens is 470 g/mol. The summed E-state index contributed by atoms with van der Waals surface area (Å²) in [6.07, 6.45) is -2.72. The summed E-state index contributed by atoms with van der Waals surface area (Å²) in [6.45, 7) is 0.121. The number of rotatable bonds is 2. The molecule has 8 nitrogen and oxygen atoms in total. The minimum atomic E-state index is -3.99. The molecule has 1 spiro atoms. The quantitative estimate of drug-likeness (QED) is 0.488. The Labute approximate surface area is 196 Å². The van der Waals surface area contributed by atoms with Gasteiger partial charge in [0, 0.05) is 31.6 Å². The summed E-state index contributed by atoms with van der Waals surface area (Å²) in [5.41, 5.74) is -0.319. The molecule has 4 rings (SSSR count). The Balaban J connectivity index is 1.68. The van der Waals surface area contributed by atoms with Gasteiger partial charge in [0.2, 0.25) is 10.0 Å². The van der Waals surface area contributed by atoms with Crippen molar-refractivity contribution >= 4 is 10.0 Å². The van der Waals surface area contributed by atoms with Crippen LogP contribution in [0, 0.1) is 17.0 Å². The van der Waals surface area contributed by atoms with Crippen LogP contribution in [0.1, 0.15) is 18.4 Å². The van der Waals surface area contributed by atoms with E-state index in [1.807, 2.05) is 0 Å². The second-order valence-electron chi connectivity index (χ2n) is 9.20. The maximum Gasteiger partial charge on any atom is 0.244 e. The maximum absolute atomic E-state index is 13.8. The molecule has 1 fully saturated rings. The minimum absolute atomic E-state index is 0.00196. The number of fused-ring (bicyclic) bond motifs is 1. The number of ether oxygens (including phenoxy) is 1. The zero-order chi connectivity index (χ0) is 24.5. The first-order valence-electron chi connectivity index (χ1n) is 11.0. The van der Waals surface area contributed by atoms with Gasteiger partial charge in [-0.1, -0.05) is 18.2 Å². The van der Waals surface area contributed by atoms with Gasteiger partial charge in [-0.3, -0.25) is 4.90 Å². The molecule has 2 aliphatic rings. The first kappa shape index (κ1) is 25.0. The Morgan fingerprint density at radius 2 is 1.76 bits per heavy atom. The Bertz CT molecular complexity index is 1120. The van der Waals surface area contributed by atoms with Crippen molar-refractivity contribution in [3.63, 3.8) is 0 Å². The summed E-state index contributed by atoms with van der Waals surface area (Å²) in [4.78, 5) is 1.70. The van der Waals surface area contributed by atoms with Crippen molar-refractivity contribution in [3.05, 3.63) is 59.7 Å². The van der Waals surface area contributed by atoms with Crippen LogP contribution in [0.15, 0.2) is 47.4 Å². The highest BCUT2D eigenvalue weighted by molar-refractivity contribution is 7.89. The molecule has 34 heavy (non-hydrogen) atoms. The molecule has 1 aliphatic carbocycles. The average Bonchev–Trinajstić information content (AvgIpc) is 3.06. The van der Waals surface area contributed by atoms with Crippen LogP contribution in [-0.2, 0) is 16.6 Å². The minimum Gasteiger partial charge on any atom is -0.492 e. The smallest absolute Gasteiger partial charge is 0.244 e. The number of β-amino-alcohol motifs (C(OH)–C–C–N with tert-alkyl or cyclic N) is 1. The van der Waals surface area contributed by atoms with E-state index in [4.69, 9.17) is 4.74 Å². The van der Waals surface area contributed by atoms with Crippen molar-refractivity contribution in [1.82, 2.24) is 9.62 Å². The van der Waals surface area contributed by atoms with Gasteiger partial charge in [-0.05, 0) is 42.7 Å². The molecule has 4 atom stereocenters. The lowest BCUT2D eigenvalue weighted by molar-refractivity contribution is 0.0427. The number of halogens is 2. The van der Waals surface area contributed by atoms with Crippen LogP contribution in [0.4, 0.5) is 8.78 Å². The van der Waals surface area contributed by atoms with Crippen molar-refractivity contribution in [2.24, 2.45) is 5.41 Å². The molecule has 1 unspecified atom stereocenters. The lowest BCUT2D eigenvalue weighted by atomic mass is 9.85. The molecule has 0 amide bonds. The highest BCUT2D eigenvalue weighted by atomic mass is 32.2. The second-order valence-corrected chi connectivity index (χ2v) is 10.9. The van der Waals surface area contributed by atoms with E-state index < -0.39 is 45.4 Å². The third-order valence-electron chi connectivity index (χ3n) is 6.33. The van der Waals surface area contributed by atoms with Gasteiger partial charge in [-0.2, -0.15) is 0 Å². The van der Waals surface area contributed by atoms with Crippen molar-refractivity contribution in [2.45, 2.75) is 42.6 Å². The van der Waals surface area contributed by atoms with E-state index in [1.165, 1.54) is 18.2 Å². The summed E-state index contributed by atoms with van der Waals surface area (Å²) in [7, 11) is -3.99. The Morgan fingerprint density at radius 1 is 1.06 bits per heavy atom. The molecule has 11 heteroatoms. The number of nitrogens with one attached hydrogen (secondary N) is 1. The molecule has 0 saturated heterocycles. The number of hydrogen-bond donors (Lipinski definition) is 4. The van der Waals surface area contributed by atoms with Gasteiger partial charge in [0.05, 0.1) is 24.9 Å². The molecule has 0 bridgehead atoms. The van der Waals surface area contributed by atoms with Crippen LogP contribution in [0.3, 0.4) is 0 Å². The molecule has 2 aromatic carbocycles. The monoisotopic (exact) mass is 498 g/mol. The van der Waals surface area contributed by atoms with E-state index in [0.29, 0.717) is 5.56 Å². The second kappa shape index (κ2) is 9.84. The normalized spacial score (nSPS) is 30.2. The van der Waals surface area contributed by atoms with E-state index in [1.54, 1.807) is 17.0 Å². The number of hydrogen-bond acceptors (Lipinski definition) is 7. The van der Waals surface area contributed by atoms with Crippen molar-refractivity contribution in [2.75, 3.05) is 26.2 Å². The van der Waals surface area contributed by atoms with E-state index in [0.717, 1.165) is 12.1 Å². The number of benzene rings is 2. The molecule has 0 aromatic heterocycles.